The normalized spacial score (nSPS) is 17.5. The largest absolute Gasteiger partial charge is 0.311 e. The third-order valence-corrected chi connectivity index (χ3v) is 8.95. The number of hydrogen-bond donors (Lipinski definition) is 0. The van der Waals surface area contributed by atoms with Gasteiger partial charge in [-0.2, -0.15) is 0 Å². The van der Waals surface area contributed by atoms with Crippen LogP contribution in [0.2, 0.25) is 0 Å². The van der Waals surface area contributed by atoms with Crippen LogP contribution in [0.25, 0.3) is 72.0 Å². The maximum absolute atomic E-state index is 9.68. The predicted molar refractivity (Wildman–Crippen MR) is 237 cm³/mol. The van der Waals surface area contributed by atoms with Gasteiger partial charge in [-0.1, -0.05) is 157 Å². The minimum Gasteiger partial charge on any atom is -0.311 e. The first-order valence-electron chi connectivity index (χ1n) is 29.6. The van der Waals surface area contributed by atoms with E-state index in [9.17, 15) is 16.4 Å². The van der Waals surface area contributed by atoms with Gasteiger partial charge in [0, 0.05) is 33.5 Å². The molecule has 56 heavy (non-hydrogen) atoms. The second-order valence-electron chi connectivity index (χ2n) is 12.3. The topological polar surface area (TPSA) is 8.17 Å². The molecule has 1 heterocycles. The molecule has 0 aliphatic carbocycles. The molecular weight excluding hydrogens is 677 g/mol. The van der Waals surface area contributed by atoms with Crippen LogP contribution in [0.1, 0.15) is 34.3 Å². The van der Waals surface area contributed by atoms with Crippen molar-refractivity contribution < 1.29 is 34.3 Å². The fraction of sp³-hybridized carbons (Fsp3) is 0. The van der Waals surface area contributed by atoms with E-state index in [1.54, 1.807) is 18.2 Å². The van der Waals surface area contributed by atoms with E-state index in [2.05, 4.69) is 0 Å². The van der Waals surface area contributed by atoms with Crippen molar-refractivity contribution in [2.75, 3.05) is 4.90 Å². The van der Waals surface area contributed by atoms with Crippen molar-refractivity contribution in [3.63, 3.8) is 0 Å². The Morgan fingerprint density at radius 3 is 1.36 bits per heavy atom. The highest BCUT2D eigenvalue weighted by Gasteiger charge is 2.16. The maximum atomic E-state index is 9.68. The van der Waals surface area contributed by atoms with E-state index in [4.69, 9.17) is 17.8 Å². The number of hydrogen-bond acceptors (Lipinski definition) is 1. The minimum absolute atomic E-state index is 0.191. The zero-order chi connectivity index (χ0) is 59.0. The van der Waals surface area contributed by atoms with Crippen LogP contribution in [0.15, 0.2) is 230 Å². The Bertz CT molecular complexity index is 4280. The van der Waals surface area contributed by atoms with Gasteiger partial charge in [-0.3, -0.25) is 0 Å². The first kappa shape index (κ1) is 16.1. The lowest BCUT2D eigenvalue weighted by atomic mass is 9.98. The summed E-state index contributed by atoms with van der Waals surface area (Å²) in [5.74, 6) is 0. The molecule has 0 spiro atoms. The van der Waals surface area contributed by atoms with Crippen LogP contribution in [-0.2, 0) is 0 Å². The highest BCUT2D eigenvalue weighted by atomic mass is 15.1. The van der Waals surface area contributed by atoms with Gasteiger partial charge in [0.25, 0.3) is 0 Å². The molecule has 2 heteroatoms. The Kier molecular flexibility index (Phi) is 4.16. The molecule has 10 rings (SSSR count). The molecule has 0 aliphatic rings. The van der Waals surface area contributed by atoms with Crippen LogP contribution < -0.4 is 4.90 Å². The number of aromatic nitrogens is 1. The third kappa shape index (κ3) is 6.24. The molecule has 0 aliphatic heterocycles. The molecule has 0 bridgehead atoms. The number of anilines is 3. The molecule has 0 saturated carbocycles. The van der Waals surface area contributed by atoms with Crippen LogP contribution in [0.4, 0.5) is 17.1 Å². The molecule has 0 saturated heterocycles. The van der Waals surface area contributed by atoms with E-state index in [1.165, 1.54) is 0 Å². The van der Waals surface area contributed by atoms with Crippen molar-refractivity contribution in [2.24, 2.45) is 0 Å². The molecule has 10 aromatic rings. The molecule has 2 nitrogen and oxygen atoms in total. The van der Waals surface area contributed by atoms with Gasteiger partial charge >= 0.3 is 0 Å². The maximum Gasteiger partial charge on any atom is 0.0645 e. The molecule has 0 amide bonds. The Hall–Kier alpha value is -7.42. The Morgan fingerprint density at radius 1 is 0.321 bits per heavy atom. The van der Waals surface area contributed by atoms with Gasteiger partial charge in [0.1, 0.15) is 0 Å². The van der Waals surface area contributed by atoms with E-state index in [-0.39, 0.29) is 11.1 Å². The Balaban J connectivity index is 1.27. The zero-order valence-electron chi connectivity index (χ0n) is 53.9. The number of rotatable bonds is 8. The number of para-hydroxylation sites is 2. The van der Waals surface area contributed by atoms with E-state index < -0.39 is 202 Å². The summed E-state index contributed by atoms with van der Waals surface area (Å²) in [5, 5.41) is 1.43. The quantitative estimate of drug-likeness (QED) is 0.151. The van der Waals surface area contributed by atoms with Gasteiger partial charge in [0.05, 0.1) is 45.3 Å². The van der Waals surface area contributed by atoms with Gasteiger partial charge in [-0.15, -0.1) is 0 Å². The van der Waals surface area contributed by atoms with Gasteiger partial charge in [0.2, 0.25) is 0 Å². The van der Waals surface area contributed by atoms with Crippen LogP contribution in [-0.4, -0.2) is 4.57 Å². The average molecular weight is 740 g/mol. The molecular formula is C54H38N2. The highest BCUT2D eigenvalue weighted by molar-refractivity contribution is 6.10. The molecule has 264 valence electrons. The van der Waals surface area contributed by atoms with Gasteiger partial charge < -0.3 is 9.47 Å². The molecule has 9 aromatic carbocycles. The second kappa shape index (κ2) is 14.4. The lowest BCUT2D eigenvalue weighted by Crippen LogP contribution is -2.09. The van der Waals surface area contributed by atoms with Crippen molar-refractivity contribution in [3.05, 3.63) is 230 Å². The fourth-order valence-corrected chi connectivity index (χ4v) is 6.39. The predicted octanol–water partition coefficient (Wildman–Crippen LogP) is 14.9. The van der Waals surface area contributed by atoms with Crippen LogP contribution in [0, 0.1) is 0 Å². The van der Waals surface area contributed by atoms with E-state index in [0.29, 0.717) is 10.3 Å². The van der Waals surface area contributed by atoms with Crippen molar-refractivity contribution >= 4 is 38.9 Å². The van der Waals surface area contributed by atoms with E-state index in [1.807, 2.05) is 59.2 Å². The lowest BCUT2D eigenvalue weighted by Gasteiger charge is -2.26. The minimum atomic E-state index is -1.14. The standard InChI is InChI=1S/C54H38N2/c1-4-13-39(14-5-1)41-23-30-48(31-24-41)55(49-32-25-42(26-33-49)45-18-12-17-44(37-45)40-15-6-2-7-16-40)50-34-27-43(28-35-50)46-29-36-54-52(38-46)51-21-10-11-22-53(51)56(54)47-19-8-3-9-20-47/h1-38H/i1D,2D,4D,5D,6D,7D,12D,13D,14D,15D,16D,17D,18D,23D,24D,25D,26D,27D,28D,30D,31D,32D,33D,34D,35D. The van der Waals surface area contributed by atoms with Gasteiger partial charge in [0.15, 0.2) is 0 Å². The molecule has 0 radical (unpaired) electrons. The van der Waals surface area contributed by atoms with Crippen molar-refractivity contribution in [1.82, 2.24) is 4.57 Å². The third-order valence-electron chi connectivity index (χ3n) is 8.95. The summed E-state index contributed by atoms with van der Waals surface area (Å²) in [5.41, 5.74) is -4.64. The molecule has 1 aromatic heterocycles. The summed E-state index contributed by atoms with van der Waals surface area (Å²) in [6.07, 6.45) is 0. The molecule has 0 atom stereocenters. The molecule has 0 fully saturated rings. The first-order chi connectivity index (χ1) is 38.2. The average Bonchev–Trinajstić information content (AvgIpc) is 2.73. The lowest BCUT2D eigenvalue weighted by molar-refractivity contribution is 1.18. The van der Waals surface area contributed by atoms with Crippen LogP contribution >= 0.6 is 0 Å². The number of benzene rings is 9. The summed E-state index contributed by atoms with van der Waals surface area (Å²) < 4.78 is 226. The Morgan fingerprint density at radius 2 is 0.768 bits per heavy atom. The monoisotopic (exact) mass is 739 g/mol. The van der Waals surface area contributed by atoms with Crippen LogP contribution in [0.5, 0.6) is 0 Å². The van der Waals surface area contributed by atoms with Gasteiger partial charge in [-0.25, -0.2) is 0 Å². The van der Waals surface area contributed by atoms with E-state index in [0.717, 1.165) is 28.2 Å². The fourth-order valence-electron chi connectivity index (χ4n) is 6.39. The summed E-state index contributed by atoms with van der Waals surface area (Å²) in [6.45, 7) is 0. The van der Waals surface area contributed by atoms with E-state index >= 15 is 0 Å². The summed E-state index contributed by atoms with van der Waals surface area (Å²) in [6, 6.07) is -0.361. The van der Waals surface area contributed by atoms with Crippen molar-refractivity contribution in [2.45, 2.75) is 0 Å². The summed E-state index contributed by atoms with van der Waals surface area (Å²) in [4.78, 5) is 0.487. The summed E-state index contributed by atoms with van der Waals surface area (Å²) >= 11 is 0. The van der Waals surface area contributed by atoms with Crippen LogP contribution in [0.3, 0.4) is 0 Å². The van der Waals surface area contributed by atoms with Gasteiger partial charge in [-0.05, 0) is 117 Å². The Labute approximate surface area is 362 Å². The summed E-state index contributed by atoms with van der Waals surface area (Å²) in [7, 11) is 0. The number of nitrogens with zero attached hydrogens (tertiary/aromatic N) is 2. The molecule has 0 N–H and O–H groups in total. The molecule has 0 unspecified atom stereocenters. The second-order valence-corrected chi connectivity index (χ2v) is 12.3. The zero-order valence-corrected chi connectivity index (χ0v) is 28.9. The van der Waals surface area contributed by atoms with Crippen molar-refractivity contribution in [3.8, 4) is 50.2 Å². The van der Waals surface area contributed by atoms with Crippen molar-refractivity contribution in [1.29, 1.82) is 0 Å². The highest BCUT2D eigenvalue weighted by Crippen LogP contribution is 2.39. The number of fused-ring (bicyclic) bond motifs is 3. The first-order valence-corrected chi connectivity index (χ1v) is 17.1. The smallest absolute Gasteiger partial charge is 0.0645 e. The SMILES string of the molecule is [2H]c1c(-c2c([2H])c([2H])c([2H])c([2H])c2[2H])cc(-c2c([2H])c([2H])c(N(c3c([2H])c([2H])c(-c4ccc5c(c4)c4ccccc4n5-c4ccccc4)c([2H])c3[2H])c3c([2H])c([2H])c(-c4c([2H])c([2H])c([2H])c([2H])c4[2H])c([2H])c3[2H])c([2H])c2[2H])c([2H])c1[2H].